The van der Waals surface area contributed by atoms with Gasteiger partial charge in [0.15, 0.2) is 0 Å². The van der Waals surface area contributed by atoms with E-state index in [1.54, 1.807) is 48.5 Å². The normalized spacial score (nSPS) is 14.7. The smallest absolute Gasteiger partial charge is 0.269 e. The summed E-state index contributed by atoms with van der Waals surface area (Å²) in [5.74, 6) is -1.95. The fourth-order valence-electron chi connectivity index (χ4n) is 4.13. The Balaban J connectivity index is 1.50. The molecule has 0 fully saturated rings. The molecule has 0 spiro atoms. The van der Waals surface area contributed by atoms with Crippen LogP contribution in [0.15, 0.2) is 66.7 Å². The number of hydrogen-bond donors (Lipinski definition) is 0. The topological polar surface area (TPSA) is 118 Å². The summed E-state index contributed by atoms with van der Waals surface area (Å²) in [6, 6.07) is 16.8. The fourth-order valence-corrected chi connectivity index (χ4v) is 4.13. The highest BCUT2D eigenvalue weighted by Crippen LogP contribution is 2.29. The molecule has 0 aromatic heterocycles. The van der Waals surface area contributed by atoms with E-state index in [2.05, 4.69) is 0 Å². The number of imide groups is 2. The van der Waals surface area contributed by atoms with Crippen LogP contribution in [0.4, 0.5) is 5.69 Å². The number of nitro benzene ring substituents is 1. The number of benzene rings is 3. The van der Waals surface area contributed by atoms with E-state index >= 15 is 0 Å². The van der Waals surface area contributed by atoms with E-state index in [1.165, 1.54) is 18.2 Å². The molecule has 0 atom stereocenters. The van der Waals surface area contributed by atoms with E-state index in [1.807, 2.05) is 0 Å². The van der Waals surface area contributed by atoms with Crippen molar-refractivity contribution in [3.63, 3.8) is 0 Å². The summed E-state index contributed by atoms with van der Waals surface area (Å²) in [6.45, 7) is -0.380. The lowest BCUT2D eigenvalue weighted by Gasteiger charge is -2.20. The number of carbonyl (C=O) groups is 4. The second-order valence-corrected chi connectivity index (χ2v) is 7.69. The Kier molecular flexibility index (Phi) is 4.59. The number of rotatable bonds is 5. The summed E-state index contributed by atoms with van der Waals surface area (Å²) >= 11 is 0. The van der Waals surface area contributed by atoms with Crippen LogP contribution in [0.3, 0.4) is 0 Å². The van der Waals surface area contributed by atoms with Crippen LogP contribution in [0.2, 0.25) is 0 Å². The van der Waals surface area contributed by atoms with Gasteiger partial charge in [-0.25, -0.2) is 0 Å². The second kappa shape index (κ2) is 7.49. The van der Waals surface area contributed by atoms with Crippen LogP contribution >= 0.6 is 0 Å². The first-order valence-corrected chi connectivity index (χ1v) is 10.0. The van der Waals surface area contributed by atoms with Gasteiger partial charge >= 0.3 is 0 Å². The van der Waals surface area contributed by atoms with Crippen molar-refractivity contribution < 1.29 is 24.1 Å². The maximum atomic E-state index is 12.8. The largest absolute Gasteiger partial charge is 0.270 e. The van der Waals surface area contributed by atoms with Gasteiger partial charge in [-0.1, -0.05) is 30.3 Å². The highest BCUT2D eigenvalue weighted by Gasteiger charge is 2.38. The summed E-state index contributed by atoms with van der Waals surface area (Å²) in [4.78, 5) is 64.0. The van der Waals surface area contributed by atoms with Gasteiger partial charge in [-0.3, -0.25) is 39.1 Å². The molecule has 2 aliphatic heterocycles. The van der Waals surface area contributed by atoms with Crippen LogP contribution in [0.1, 0.15) is 52.6 Å². The molecule has 2 aliphatic rings. The number of nitrogens with zero attached hydrogens (tertiary/aromatic N) is 3. The molecular formula is C24H15N3O6. The van der Waals surface area contributed by atoms with Gasteiger partial charge in [0.25, 0.3) is 29.3 Å². The molecule has 0 radical (unpaired) electrons. The third kappa shape index (κ3) is 3.18. The first-order chi connectivity index (χ1) is 15.9. The molecule has 9 nitrogen and oxygen atoms in total. The van der Waals surface area contributed by atoms with Gasteiger partial charge in [-0.15, -0.1) is 0 Å². The molecule has 5 rings (SSSR count). The van der Waals surface area contributed by atoms with Crippen molar-refractivity contribution in [3.05, 3.63) is 110 Å². The Bertz CT molecular complexity index is 1330. The van der Waals surface area contributed by atoms with Crippen molar-refractivity contribution in [2.75, 3.05) is 0 Å². The fraction of sp³-hybridized carbons (Fsp3) is 0.0833. The lowest BCUT2D eigenvalue weighted by atomic mass is 10.0. The lowest BCUT2D eigenvalue weighted by Crippen LogP contribution is -2.32. The van der Waals surface area contributed by atoms with Gasteiger partial charge in [0.05, 0.1) is 40.3 Å². The Morgan fingerprint density at radius 3 is 1.39 bits per heavy atom. The minimum absolute atomic E-state index is 0.150. The number of hydrogen-bond acceptors (Lipinski definition) is 6. The van der Waals surface area contributed by atoms with Gasteiger partial charge in [0, 0.05) is 12.1 Å². The van der Waals surface area contributed by atoms with E-state index < -0.39 is 28.6 Å². The lowest BCUT2D eigenvalue weighted by molar-refractivity contribution is -0.384. The Labute approximate surface area is 187 Å². The molecular weight excluding hydrogens is 426 g/mol. The minimum Gasteiger partial charge on any atom is -0.270 e. The van der Waals surface area contributed by atoms with Crippen LogP contribution in [0, 0.1) is 10.1 Å². The number of nitro groups is 1. The van der Waals surface area contributed by atoms with Crippen molar-refractivity contribution in [2.45, 2.75) is 13.1 Å². The molecule has 2 heterocycles. The molecule has 162 valence electrons. The Morgan fingerprint density at radius 2 is 1.00 bits per heavy atom. The zero-order valence-corrected chi connectivity index (χ0v) is 17.1. The van der Waals surface area contributed by atoms with Crippen LogP contribution in [-0.2, 0) is 13.1 Å². The minimum atomic E-state index is -0.586. The zero-order valence-electron chi connectivity index (χ0n) is 17.1. The van der Waals surface area contributed by atoms with Crippen LogP contribution in [0.5, 0.6) is 0 Å². The SMILES string of the molecule is O=C1c2ccccc2C(=O)N1Cc1ccc([N+](=O)[O-])cc1CN1C(=O)c2ccccc2C1=O. The maximum Gasteiger partial charge on any atom is 0.269 e. The predicted octanol–water partition coefficient (Wildman–Crippen LogP) is 3.19. The quantitative estimate of drug-likeness (QED) is 0.341. The average molecular weight is 441 g/mol. The van der Waals surface area contributed by atoms with Crippen LogP contribution in [-0.4, -0.2) is 38.4 Å². The summed E-state index contributed by atoms with van der Waals surface area (Å²) in [5.41, 5.74) is 1.58. The van der Waals surface area contributed by atoms with E-state index in [-0.39, 0.29) is 41.0 Å². The van der Waals surface area contributed by atoms with Gasteiger partial charge < -0.3 is 0 Å². The van der Waals surface area contributed by atoms with Crippen molar-refractivity contribution in [2.24, 2.45) is 0 Å². The van der Waals surface area contributed by atoms with Crippen molar-refractivity contribution in [1.29, 1.82) is 0 Å². The number of fused-ring (bicyclic) bond motifs is 2. The van der Waals surface area contributed by atoms with Gasteiger partial charge in [-0.2, -0.15) is 0 Å². The Hall–Kier alpha value is -4.66. The van der Waals surface area contributed by atoms with Crippen molar-refractivity contribution in [3.8, 4) is 0 Å². The molecule has 0 saturated carbocycles. The maximum absolute atomic E-state index is 12.8. The van der Waals surface area contributed by atoms with Crippen LogP contribution in [0.25, 0.3) is 0 Å². The van der Waals surface area contributed by atoms with E-state index in [4.69, 9.17) is 0 Å². The molecule has 0 N–H and O–H groups in total. The summed E-state index contributed by atoms with van der Waals surface area (Å²) in [6.07, 6.45) is 0. The van der Waals surface area contributed by atoms with E-state index in [0.29, 0.717) is 11.1 Å². The van der Waals surface area contributed by atoms with Gasteiger partial charge in [0.2, 0.25) is 0 Å². The summed E-state index contributed by atoms with van der Waals surface area (Å²) < 4.78 is 0. The molecule has 0 unspecified atom stereocenters. The molecule has 4 amide bonds. The molecule has 3 aromatic carbocycles. The molecule has 0 saturated heterocycles. The van der Waals surface area contributed by atoms with Gasteiger partial charge in [-0.05, 0) is 35.4 Å². The van der Waals surface area contributed by atoms with E-state index in [0.717, 1.165) is 9.80 Å². The monoisotopic (exact) mass is 441 g/mol. The summed E-state index contributed by atoms with van der Waals surface area (Å²) in [5, 5.41) is 11.3. The predicted molar refractivity (Wildman–Crippen MR) is 114 cm³/mol. The van der Waals surface area contributed by atoms with Crippen molar-refractivity contribution in [1.82, 2.24) is 9.80 Å². The molecule has 33 heavy (non-hydrogen) atoms. The second-order valence-electron chi connectivity index (χ2n) is 7.69. The standard InChI is InChI=1S/C24H15N3O6/c28-21-17-5-1-2-6-18(17)22(29)25(21)12-14-9-10-16(27(32)33)11-15(14)13-26-23(30)19-7-3-4-8-20(19)24(26)31/h1-11H,12-13H2. The highest BCUT2D eigenvalue weighted by molar-refractivity contribution is 6.22. The number of carbonyl (C=O) groups excluding carboxylic acids is 4. The van der Waals surface area contributed by atoms with E-state index in [9.17, 15) is 29.3 Å². The molecule has 9 heteroatoms. The number of amides is 4. The Morgan fingerprint density at radius 1 is 0.606 bits per heavy atom. The van der Waals surface area contributed by atoms with Gasteiger partial charge in [0.1, 0.15) is 0 Å². The first-order valence-electron chi connectivity index (χ1n) is 10.0. The molecule has 0 aliphatic carbocycles. The molecule has 3 aromatic rings. The van der Waals surface area contributed by atoms with Crippen LogP contribution < -0.4 is 0 Å². The molecule has 0 bridgehead atoms. The third-order valence-corrected chi connectivity index (χ3v) is 5.81. The third-order valence-electron chi connectivity index (χ3n) is 5.81. The zero-order chi connectivity index (χ0) is 23.3. The number of non-ortho nitro benzene ring substituents is 1. The highest BCUT2D eigenvalue weighted by atomic mass is 16.6. The summed E-state index contributed by atoms with van der Waals surface area (Å²) in [7, 11) is 0. The average Bonchev–Trinajstić information content (AvgIpc) is 3.21. The first kappa shape index (κ1) is 20.3. The van der Waals surface area contributed by atoms with Crippen molar-refractivity contribution >= 4 is 29.3 Å².